The van der Waals surface area contributed by atoms with Crippen molar-refractivity contribution in [3.05, 3.63) is 0 Å². The molecule has 0 saturated carbocycles. The molecule has 81 valence electrons. The van der Waals surface area contributed by atoms with E-state index in [4.69, 9.17) is 37.3 Å². The zero-order valence-corrected chi connectivity index (χ0v) is 7.49. The third-order valence-corrected chi connectivity index (χ3v) is 0. The summed E-state index contributed by atoms with van der Waals surface area (Å²) < 4.78 is 65.4. The summed E-state index contributed by atoms with van der Waals surface area (Å²) in [7, 11) is -9.39. The molecular weight excluding hydrogens is 274 g/mol. The van der Waals surface area contributed by atoms with Crippen molar-refractivity contribution >= 4 is 0 Å². The van der Waals surface area contributed by atoms with Crippen molar-refractivity contribution in [2.45, 2.75) is 0 Å². The van der Waals surface area contributed by atoms with E-state index in [0.717, 1.165) is 0 Å². The van der Waals surface area contributed by atoms with Gasteiger partial charge in [0.15, 0.2) is 0 Å². The van der Waals surface area contributed by atoms with Gasteiger partial charge in [0.1, 0.15) is 0 Å². The third kappa shape index (κ3) is 1920. The molecule has 0 unspecified atom stereocenters. The molecule has 0 aliphatic heterocycles. The fraction of sp³-hybridized carbons (Fsp3) is 0. The van der Waals surface area contributed by atoms with E-state index in [9.17, 15) is 0 Å². The molecule has 0 rings (SSSR count). The Morgan fingerprint density at radius 2 is 0.667 bits per heavy atom. The number of hydrogen-bond acceptors (Lipinski definition) is 8. The van der Waals surface area contributed by atoms with Crippen molar-refractivity contribution in [1.29, 1.82) is 0 Å². The molecule has 0 aromatic carbocycles. The number of hydrogen-bond donors (Lipinski definition) is 2. The molecule has 0 aromatic rings. The fourth-order valence-corrected chi connectivity index (χ4v) is 0. The van der Waals surface area contributed by atoms with Gasteiger partial charge in [-0.05, 0) is 0 Å². The summed E-state index contributed by atoms with van der Waals surface area (Å²) in [5, 5.41) is 0. The SMILES string of the molecule is O.[Co].[O-][Cl+3]([O-])([O-])O.[O-][Cl+3]([O-])([O-])O. The van der Waals surface area contributed by atoms with Crippen LogP contribution in [0.4, 0.5) is 0 Å². The molecule has 0 aliphatic rings. The Balaban J connectivity index is -0.0000000457. The van der Waals surface area contributed by atoms with Crippen LogP contribution < -0.4 is 28.0 Å². The minimum Gasteiger partial charge on any atom is -0.412 e. The second-order valence-corrected chi connectivity index (χ2v) is 2.38. The summed E-state index contributed by atoms with van der Waals surface area (Å²) >= 11 is 0. The van der Waals surface area contributed by atoms with E-state index >= 15 is 0 Å². The third-order valence-electron chi connectivity index (χ3n) is 0. The zero-order valence-electron chi connectivity index (χ0n) is 4.93. The molecule has 12 heavy (non-hydrogen) atoms. The first-order valence-corrected chi connectivity index (χ1v) is 3.79. The van der Waals surface area contributed by atoms with Crippen molar-refractivity contribution < 1.29 is 80.0 Å². The largest absolute Gasteiger partial charge is 0.412 e. The molecule has 0 atom stereocenters. The average Bonchev–Trinajstić information content (AvgIpc) is 1.12. The van der Waals surface area contributed by atoms with E-state index in [2.05, 4.69) is 0 Å². The second kappa shape index (κ2) is 8.33. The van der Waals surface area contributed by atoms with Crippen molar-refractivity contribution in [2.24, 2.45) is 0 Å². The molecule has 0 aliphatic carbocycles. The van der Waals surface area contributed by atoms with Gasteiger partial charge in [-0.2, -0.15) is 28.0 Å². The van der Waals surface area contributed by atoms with Gasteiger partial charge in [0.05, 0.1) is 29.8 Å². The number of halogens is 2. The quantitative estimate of drug-likeness (QED) is 0.433. The summed E-state index contributed by atoms with van der Waals surface area (Å²) in [6.07, 6.45) is 0. The first-order valence-electron chi connectivity index (χ1n) is 1.26. The molecule has 12 heteroatoms. The van der Waals surface area contributed by atoms with Gasteiger partial charge in [0.25, 0.3) is 0 Å². The van der Waals surface area contributed by atoms with Gasteiger partial charge in [-0.25, -0.2) is 0 Å². The van der Waals surface area contributed by atoms with Crippen LogP contribution in [0.3, 0.4) is 0 Å². The maximum atomic E-state index is 8.60. The predicted octanol–water partition coefficient (Wildman–Crippen LogP) is -9.08. The van der Waals surface area contributed by atoms with Crippen LogP contribution in [0, 0.1) is 20.5 Å². The van der Waals surface area contributed by atoms with Crippen LogP contribution in [0.1, 0.15) is 0 Å². The minimum absolute atomic E-state index is 0. The van der Waals surface area contributed by atoms with Gasteiger partial charge in [0.2, 0.25) is 0 Å². The average molecular weight is 278 g/mol. The Labute approximate surface area is 80.5 Å². The molecule has 0 amide bonds. The number of rotatable bonds is 0. The summed E-state index contributed by atoms with van der Waals surface area (Å²) in [4.78, 5) is 0. The smallest absolute Gasteiger partial charge is 0.0777 e. The van der Waals surface area contributed by atoms with E-state index in [1.54, 1.807) is 0 Å². The van der Waals surface area contributed by atoms with Gasteiger partial charge in [-0.1, -0.05) is 0 Å². The van der Waals surface area contributed by atoms with E-state index in [1.807, 2.05) is 0 Å². The van der Waals surface area contributed by atoms with Gasteiger partial charge in [-0.3, -0.25) is 0 Å². The second-order valence-electron chi connectivity index (χ2n) is 0.792. The molecule has 1 radical (unpaired) electrons. The van der Waals surface area contributed by atoms with E-state index in [0.29, 0.717) is 0 Å². The topological polar surface area (TPSA) is 210 Å². The summed E-state index contributed by atoms with van der Waals surface area (Å²) in [5.41, 5.74) is 0. The first kappa shape index (κ1) is 23.0. The van der Waals surface area contributed by atoms with Crippen LogP contribution in [0.15, 0.2) is 0 Å². The Bertz CT molecular complexity index is 55.5. The standard InChI is InChI=1S/2ClHO4.Co.H2O/c2*2-1(3,4)5;;/h2*(H,2,3,4,5);;1H2. The normalized spacial score (nSPS) is 10.0. The van der Waals surface area contributed by atoms with Crippen LogP contribution in [0.2, 0.25) is 0 Å². The molecule has 0 heterocycles. The maximum absolute atomic E-state index is 8.60. The van der Waals surface area contributed by atoms with Gasteiger partial charge in [0, 0.05) is 16.8 Å². The van der Waals surface area contributed by atoms with Crippen molar-refractivity contribution in [2.75, 3.05) is 0 Å². The molecule has 9 nitrogen and oxygen atoms in total. The summed E-state index contributed by atoms with van der Waals surface area (Å²) in [5.74, 6) is 0. The molecule has 0 saturated heterocycles. The van der Waals surface area contributed by atoms with Crippen molar-refractivity contribution in [3.63, 3.8) is 0 Å². The van der Waals surface area contributed by atoms with Crippen LogP contribution in [0.5, 0.6) is 0 Å². The molecule has 0 spiro atoms. The molecule has 0 fully saturated rings. The Hall–Kier alpha value is 0.726. The summed E-state index contributed by atoms with van der Waals surface area (Å²) in [6.45, 7) is 0. The van der Waals surface area contributed by atoms with E-state index in [1.165, 1.54) is 0 Å². The van der Waals surface area contributed by atoms with Crippen LogP contribution in [-0.2, 0) is 16.8 Å². The van der Waals surface area contributed by atoms with E-state index < -0.39 is 20.5 Å². The van der Waals surface area contributed by atoms with Gasteiger partial charge >= 0.3 is 0 Å². The first-order chi connectivity index (χ1) is 4.00. The predicted molar refractivity (Wildman–Crippen MR) is 8.05 cm³/mol. The van der Waals surface area contributed by atoms with Crippen LogP contribution in [0.25, 0.3) is 0 Å². The molecule has 0 bridgehead atoms. The van der Waals surface area contributed by atoms with Crippen LogP contribution >= 0.6 is 0 Å². The Morgan fingerprint density at radius 1 is 0.667 bits per heavy atom. The van der Waals surface area contributed by atoms with Crippen molar-refractivity contribution in [3.8, 4) is 0 Å². The minimum atomic E-state index is -4.69. The summed E-state index contributed by atoms with van der Waals surface area (Å²) in [6, 6.07) is 0. The monoisotopic (exact) mass is 277 g/mol. The van der Waals surface area contributed by atoms with Crippen LogP contribution in [-0.4, -0.2) is 14.8 Å². The Morgan fingerprint density at radius 3 is 0.667 bits per heavy atom. The van der Waals surface area contributed by atoms with E-state index in [-0.39, 0.29) is 22.3 Å². The van der Waals surface area contributed by atoms with Gasteiger partial charge < -0.3 is 5.48 Å². The molecule has 4 N–H and O–H groups in total. The Kier molecular flexibility index (Phi) is 16.0. The fourth-order valence-electron chi connectivity index (χ4n) is 0. The van der Waals surface area contributed by atoms with Crippen molar-refractivity contribution in [1.82, 2.24) is 0 Å². The molecule has 0 aromatic heterocycles. The zero-order chi connectivity index (χ0) is 9.00. The van der Waals surface area contributed by atoms with Gasteiger partial charge in [-0.15, -0.1) is 0 Å². The maximum Gasteiger partial charge on any atom is 0.0777 e. The molecular formula is H4Cl2CoO9.